The van der Waals surface area contributed by atoms with Gasteiger partial charge in [-0.1, -0.05) is 49.6 Å². The third kappa shape index (κ3) is 4.71. The first-order valence-corrected chi connectivity index (χ1v) is 12.2. The first-order chi connectivity index (χ1) is 17.5. The van der Waals surface area contributed by atoms with Crippen LogP contribution in [0.2, 0.25) is 0 Å². The van der Waals surface area contributed by atoms with Crippen molar-refractivity contribution in [2.45, 2.75) is 51.1 Å². The largest absolute Gasteiger partial charge is 0.459 e. The van der Waals surface area contributed by atoms with Crippen molar-refractivity contribution in [3.05, 3.63) is 77.7 Å². The standard InChI is InChI=1S/C28H28N2O6/c1-18(31)21-15-24-25(36-17-35-24)16-22(21)30(28(33)23-13-8-14-34-23)26(19-9-4-2-5-10-19)27(32)29-20-11-6-3-7-12-20/h2,4-5,8-10,13-16,20,26H,3,6-7,11-12,17H2,1H3,(H,29,32)/t26-/m1/s1. The molecule has 0 bridgehead atoms. The summed E-state index contributed by atoms with van der Waals surface area (Å²) in [7, 11) is 0. The Balaban J connectivity index is 1.66. The van der Waals surface area contributed by atoms with E-state index in [0.717, 1.165) is 32.1 Å². The van der Waals surface area contributed by atoms with Crippen molar-refractivity contribution in [3.63, 3.8) is 0 Å². The Bertz CT molecular complexity index is 1250. The van der Waals surface area contributed by atoms with E-state index in [1.165, 1.54) is 24.2 Å². The zero-order chi connectivity index (χ0) is 25.1. The number of ether oxygens (including phenoxy) is 2. The first-order valence-electron chi connectivity index (χ1n) is 12.2. The van der Waals surface area contributed by atoms with Crippen LogP contribution >= 0.6 is 0 Å². The minimum Gasteiger partial charge on any atom is -0.459 e. The van der Waals surface area contributed by atoms with Crippen LogP contribution in [0.25, 0.3) is 0 Å². The van der Waals surface area contributed by atoms with Gasteiger partial charge in [-0.15, -0.1) is 0 Å². The Morgan fingerprint density at radius 2 is 1.67 bits per heavy atom. The molecule has 2 heterocycles. The number of nitrogens with zero attached hydrogens (tertiary/aromatic N) is 1. The van der Waals surface area contributed by atoms with Gasteiger partial charge in [0, 0.05) is 17.7 Å². The summed E-state index contributed by atoms with van der Waals surface area (Å²) in [5.74, 6) is -0.285. The van der Waals surface area contributed by atoms with E-state index < -0.39 is 11.9 Å². The second kappa shape index (κ2) is 10.3. The molecule has 3 aromatic rings. The van der Waals surface area contributed by atoms with Gasteiger partial charge in [-0.25, -0.2) is 0 Å². The zero-order valence-electron chi connectivity index (χ0n) is 20.1. The SMILES string of the molecule is CC(=O)c1cc2c(cc1N(C(=O)c1ccco1)[C@@H](C(=O)NC1CCCCC1)c1ccccc1)OCO2. The molecule has 0 spiro atoms. The molecule has 5 rings (SSSR count). The number of fused-ring (bicyclic) bond motifs is 1. The van der Waals surface area contributed by atoms with Crippen LogP contribution in [0, 0.1) is 0 Å². The van der Waals surface area contributed by atoms with Crippen LogP contribution in [0.15, 0.2) is 65.3 Å². The van der Waals surface area contributed by atoms with Crippen molar-refractivity contribution in [1.82, 2.24) is 5.32 Å². The number of benzene rings is 2. The first kappa shape index (κ1) is 23.7. The molecule has 0 saturated heterocycles. The number of hydrogen-bond acceptors (Lipinski definition) is 6. The Kier molecular flexibility index (Phi) is 6.75. The number of carbonyl (C=O) groups excluding carboxylic acids is 3. The van der Waals surface area contributed by atoms with Gasteiger partial charge < -0.3 is 19.2 Å². The lowest BCUT2D eigenvalue weighted by Crippen LogP contribution is -2.47. The topological polar surface area (TPSA) is 98.1 Å². The van der Waals surface area contributed by atoms with Gasteiger partial charge in [0.2, 0.25) is 12.7 Å². The average Bonchev–Trinajstić information content (AvgIpc) is 3.59. The summed E-state index contributed by atoms with van der Waals surface area (Å²) >= 11 is 0. The highest BCUT2D eigenvalue weighted by Crippen LogP contribution is 2.42. The van der Waals surface area contributed by atoms with Gasteiger partial charge in [-0.2, -0.15) is 0 Å². The van der Waals surface area contributed by atoms with Crippen molar-refractivity contribution in [2.24, 2.45) is 0 Å². The Labute approximate surface area is 209 Å². The maximum Gasteiger partial charge on any atom is 0.294 e. The number of carbonyl (C=O) groups is 3. The predicted molar refractivity (Wildman–Crippen MR) is 132 cm³/mol. The van der Waals surface area contributed by atoms with Crippen LogP contribution in [-0.4, -0.2) is 30.4 Å². The van der Waals surface area contributed by atoms with E-state index in [4.69, 9.17) is 13.9 Å². The van der Waals surface area contributed by atoms with Crippen LogP contribution in [0.1, 0.15) is 71.5 Å². The number of ketones is 1. The number of Topliss-reactive ketones (excluding diaryl/α,β-unsaturated/α-hetero) is 1. The summed E-state index contributed by atoms with van der Waals surface area (Å²) in [4.78, 5) is 42.0. The minimum absolute atomic E-state index is 0.00649. The zero-order valence-corrected chi connectivity index (χ0v) is 20.1. The van der Waals surface area contributed by atoms with Gasteiger partial charge in [0.25, 0.3) is 5.91 Å². The number of nitrogens with one attached hydrogen (secondary N) is 1. The molecule has 8 heteroatoms. The number of furan rings is 1. The number of anilines is 1. The Hall–Kier alpha value is -4.07. The molecule has 1 N–H and O–H groups in total. The van der Waals surface area contributed by atoms with Gasteiger partial charge in [-0.3, -0.25) is 19.3 Å². The van der Waals surface area contributed by atoms with Gasteiger partial charge in [0.05, 0.1) is 12.0 Å². The van der Waals surface area contributed by atoms with Crippen molar-refractivity contribution in [3.8, 4) is 11.5 Å². The molecule has 1 aliphatic heterocycles. The third-order valence-electron chi connectivity index (χ3n) is 6.65. The van der Waals surface area contributed by atoms with E-state index in [9.17, 15) is 14.4 Å². The van der Waals surface area contributed by atoms with Crippen molar-refractivity contribution in [1.29, 1.82) is 0 Å². The molecular formula is C28H28N2O6. The second-order valence-corrected chi connectivity index (χ2v) is 9.09. The Morgan fingerprint density at radius 3 is 2.33 bits per heavy atom. The fourth-order valence-corrected chi connectivity index (χ4v) is 4.88. The molecule has 1 atom stereocenters. The molecule has 0 radical (unpaired) electrons. The second-order valence-electron chi connectivity index (χ2n) is 9.09. The summed E-state index contributed by atoms with van der Waals surface area (Å²) in [6.45, 7) is 1.42. The molecule has 1 aromatic heterocycles. The number of amides is 2. The van der Waals surface area contributed by atoms with Gasteiger partial charge >= 0.3 is 0 Å². The monoisotopic (exact) mass is 488 g/mol. The molecule has 186 valence electrons. The predicted octanol–water partition coefficient (Wildman–Crippen LogP) is 5.05. The van der Waals surface area contributed by atoms with Gasteiger partial charge in [0.15, 0.2) is 23.0 Å². The lowest BCUT2D eigenvalue weighted by molar-refractivity contribution is -0.123. The molecule has 36 heavy (non-hydrogen) atoms. The quantitative estimate of drug-likeness (QED) is 0.468. The molecule has 1 fully saturated rings. The fraction of sp³-hybridized carbons (Fsp3) is 0.321. The van der Waals surface area contributed by atoms with Gasteiger partial charge in [0.1, 0.15) is 6.04 Å². The summed E-state index contributed by atoms with van der Waals surface area (Å²) < 4.78 is 16.5. The van der Waals surface area contributed by atoms with Crippen LogP contribution in [-0.2, 0) is 4.79 Å². The molecule has 1 saturated carbocycles. The smallest absolute Gasteiger partial charge is 0.294 e. The van der Waals surface area contributed by atoms with Crippen LogP contribution in [0.3, 0.4) is 0 Å². The molecular weight excluding hydrogens is 460 g/mol. The van der Waals surface area contributed by atoms with Crippen molar-refractivity contribution in [2.75, 3.05) is 11.7 Å². The summed E-state index contributed by atoms with van der Waals surface area (Å²) in [5.41, 5.74) is 1.10. The lowest BCUT2D eigenvalue weighted by Gasteiger charge is -2.34. The summed E-state index contributed by atoms with van der Waals surface area (Å²) in [6.07, 6.45) is 6.43. The van der Waals surface area contributed by atoms with Crippen LogP contribution in [0.5, 0.6) is 11.5 Å². The van der Waals surface area contributed by atoms with Crippen molar-refractivity contribution >= 4 is 23.3 Å². The van der Waals surface area contributed by atoms with Gasteiger partial charge in [-0.05, 0) is 43.5 Å². The molecule has 8 nitrogen and oxygen atoms in total. The van der Waals surface area contributed by atoms with E-state index in [1.54, 1.807) is 30.3 Å². The van der Waals surface area contributed by atoms with E-state index in [2.05, 4.69) is 5.32 Å². The Morgan fingerprint density at radius 1 is 0.944 bits per heavy atom. The third-order valence-corrected chi connectivity index (χ3v) is 6.65. The highest BCUT2D eigenvalue weighted by Gasteiger charge is 2.38. The normalized spacial score (nSPS) is 15.8. The fourth-order valence-electron chi connectivity index (χ4n) is 4.88. The van der Waals surface area contributed by atoms with Crippen LogP contribution in [0.4, 0.5) is 5.69 Å². The molecule has 2 aromatic carbocycles. The minimum atomic E-state index is -1.05. The van der Waals surface area contributed by atoms with E-state index in [1.807, 2.05) is 18.2 Å². The number of rotatable bonds is 7. The molecule has 2 aliphatic rings. The highest BCUT2D eigenvalue weighted by molar-refractivity contribution is 6.13. The average molecular weight is 489 g/mol. The van der Waals surface area contributed by atoms with E-state index in [-0.39, 0.29) is 41.5 Å². The van der Waals surface area contributed by atoms with Crippen LogP contribution < -0.4 is 19.7 Å². The summed E-state index contributed by atoms with van der Waals surface area (Å²) in [6, 6.07) is 14.4. The lowest BCUT2D eigenvalue weighted by atomic mass is 9.94. The van der Waals surface area contributed by atoms with E-state index in [0.29, 0.717) is 17.1 Å². The maximum absolute atomic E-state index is 14.0. The van der Waals surface area contributed by atoms with Crippen molar-refractivity contribution < 1.29 is 28.3 Å². The number of hydrogen-bond donors (Lipinski definition) is 1. The molecule has 0 unspecified atom stereocenters. The summed E-state index contributed by atoms with van der Waals surface area (Å²) in [5, 5.41) is 3.16. The molecule has 2 amide bonds. The maximum atomic E-state index is 14.0. The molecule has 1 aliphatic carbocycles. The highest BCUT2D eigenvalue weighted by atomic mass is 16.7. The van der Waals surface area contributed by atoms with E-state index >= 15 is 0 Å².